The molecular weight excluding hydrogens is 426 g/mol. The minimum Gasteiger partial charge on any atom is -0.493 e. The molecule has 170 valence electrons. The molecule has 0 saturated heterocycles. The van der Waals surface area contributed by atoms with Crippen molar-refractivity contribution < 1.29 is 23.9 Å². The van der Waals surface area contributed by atoms with E-state index in [-0.39, 0.29) is 30.5 Å². The van der Waals surface area contributed by atoms with Gasteiger partial charge in [0.1, 0.15) is 11.3 Å². The molecule has 0 unspecified atom stereocenters. The van der Waals surface area contributed by atoms with Gasteiger partial charge in [-0.1, -0.05) is 25.1 Å². The second-order valence-electron chi connectivity index (χ2n) is 7.40. The number of aryl methyl sites for hydroxylation is 1. The monoisotopic (exact) mass is 449 g/mol. The molecule has 0 spiro atoms. The Morgan fingerprint density at radius 2 is 1.76 bits per heavy atom. The van der Waals surface area contributed by atoms with Crippen LogP contribution >= 0.6 is 0 Å². The van der Waals surface area contributed by atoms with Crippen LogP contribution in [0.15, 0.2) is 42.5 Å². The third-order valence-electron chi connectivity index (χ3n) is 5.16. The average molecular weight is 449 g/mol. The lowest BCUT2D eigenvalue weighted by Crippen LogP contribution is -2.29. The van der Waals surface area contributed by atoms with E-state index in [1.54, 1.807) is 54.1 Å². The van der Waals surface area contributed by atoms with Crippen LogP contribution in [0.25, 0.3) is 0 Å². The maximum Gasteiger partial charge on any atom is 0.342 e. The molecule has 0 saturated carbocycles. The summed E-state index contributed by atoms with van der Waals surface area (Å²) >= 11 is 0. The van der Waals surface area contributed by atoms with Crippen molar-refractivity contribution in [1.29, 1.82) is 0 Å². The number of hydrogen-bond donors (Lipinski definition) is 0. The Hall–Kier alpha value is -4.08. The summed E-state index contributed by atoms with van der Waals surface area (Å²) in [7, 11) is 0. The number of nitrogens with zero attached hydrogens (tertiary/aromatic N) is 5. The number of aromatic nitrogens is 4. The molecule has 3 aromatic rings. The first-order valence-electron chi connectivity index (χ1n) is 10.7. The number of hydrogen-bond acceptors (Lipinski definition) is 8. The first-order valence-corrected chi connectivity index (χ1v) is 10.7. The van der Waals surface area contributed by atoms with Gasteiger partial charge in [-0.05, 0) is 53.6 Å². The predicted molar refractivity (Wildman–Crippen MR) is 115 cm³/mol. The van der Waals surface area contributed by atoms with E-state index in [4.69, 9.17) is 9.47 Å². The van der Waals surface area contributed by atoms with Gasteiger partial charge in [-0.2, -0.15) is 0 Å². The highest BCUT2D eigenvalue weighted by Gasteiger charge is 2.35. The van der Waals surface area contributed by atoms with Crippen molar-refractivity contribution in [2.75, 3.05) is 6.61 Å². The summed E-state index contributed by atoms with van der Waals surface area (Å²) in [6.07, 6.45) is 0.834. The zero-order valence-electron chi connectivity index (χ0n) is 18.4. The van der Waals surface area contributed by atoms with E-state index >= 15 is 0 Å². The van der Waals surface area contributed by atoms with Gasteiger partial charge in [0.05, 0.1) is 24.3 Å². The lowest BCUT2D eigenvalue weighted by molar-refractivity contribution is 0.0451. The van der Waals surface area contributed by atoms with E-state index < -0.39 is 5.97 Å². The van der Waals surface area contributed by atoms with Gasteiger partial charge in [-0.3, -0.25) is 14.5 Å². The Labute approximate surface area is 190 Å². The summed E-state index contributed by atoms with van der Waals surface area (Å²) in [6, 6.07) is 11.6. The number of amides is 2. The van der Waals surface area contributed by atoms with Crippen LogP contribution in [0.3, 0.4) is 0 Å². The quantitative estimate of drug-likeness (QED) is 0.362. The van der Waals surface area contributed by atoms with E-state index in [0.717, 1.165) is 11.3 Å². The molecule has 4 rings (SSSR count). The molecule has 1 aliphatic heterocycles. The summed E-state index contributed by atoms with van der Waals surface area (Å²) < 4.78 is 12.6. The Morgan fingerprint density at radius 3 is 2.42 bits per heavy atom. The van der Waals surface area contributed by atoms with Gasteiger partial charge in [-0.15, -0.1) is 5.10 Å². The van der Waals surface area contributed by atoms with Crippen LogP contribution in [-0.4, -0.2) is 49.5 Å². The van der Waals surface area contributed by atoms with Crippen molar-refractivity contribution in [3.8, 4) is 5.75 Å². The molecule has 0 atom stereocenters. The highest BCUT2D eigenvalue weighted by Crippen LogP contribution is 2.27. The van der Waals surface area contributed by atoms with E-state index in [1.807, 2.05) is 6.92 Å². The number of carbonyl (C=O) groups excluding carboxylic acids is 3. The Balaban J connectivity index is 1.53. The minimum absolute atomic E-state index is 0.0216. The molecule has 2 amide bonds. The number of benzene rings is 2. The molecule has 0 N–H and O–H groups in total. The van der Waals surface area contributed by atoms with Crippen LogP contribution in [0, 0.1) is 0 Å². The number of carbonyl (C=O) groups is 3. The molecule has 10 heteroatoms. The maximum absolute atomic E-state index is 12.9. The SMILES string of the molecule is CCCn1nnnc1COC(=O)c1cc(CN2C(=O)c3ccccc3C2=O)ccc1OCC. The van der Waals surface area contributed by atoms with Crippen molar-refractivity contribution in [1.82, 2.24) is 25.1 Å². The fourth-order valence-electron chi connectivity index (χ4n) is 3.60. The van der Waals surface area contributed by atoms with Gasteiger partial charge in [-0.25, -0.2) is 9.48 Å². The number of imide groups is 1. The summed E-state index contributed by atoms with van der Waals surface area (Å²) in [5, 5.41) is 11.4. The molecule has 2 heterocycles. The van der Waals surface area contributed by atoms with E-state index in [2.05, 4.69) is 15.5 Å². The topological polar surface area (TPSA) is 117 Å². The summed E-state index contributed by atoms with van der Waals surface area (Å²) in [5.41, 5.74) is 1.53. The zero-order valence-corrected chi connectivity index (χ0v) is 18.4. The molecule has 0 fully saturated rings. The van der Waals surface area contributed by atoms with Crippen molar-refractivity contribution in [3.05, 3.63) is 70.5 Å². The summed E-state index contributed by atoms with van der Waals surface area (Å²) in [6.45, 7) is 4.69. The summed E-state index contributed by atoms with van der Waals surface area (Å²) in [4.78, 5) is 39.4. The van der Waals surface area contributed by atoms with Gasteiger partial charge in [0.2, 0.25) is 0 Å². The molecule has 1 aliphatic rings. The third kappa shape index (κ3) is 4.45. The Bertz CT molecular complexity index is 1170. The predicted octanol–water partition coefficient (Wildman–Crippen LogP) is 2.64. The van der Waals surface area contributed by atoms with E-state index in [0.29, 0.717) is 41.4 Å². The lowest BCUT2D eigenvalue weighted by atomic mass is 10.1. The normalized spacial score (nSPS) is 12.7. The largest absolute Gasteiger partial charge is 0.493 e. The molecule has 33 heavy (non-hydrogen) atoms. The van der Waals surface area contributed by atoms with E-state index in [9.17, 15) is 14.4 Å². The third-order valence-corrected chi connectivity index (χ3v) is 5.16. The van der Waals surface area contributed by atoms with Crippen molar-refractivity contribution in [2.45, 2.75) is 40.0 Å². The average Bonchev–Trinajstić information content (AvgIpc) is 3.37. The van der Waals surface area contributed by atoms with E-state index in [1.165, 1.54) is 0 Å². The fourth-order valence-corrected chi connectivity index (χ4v) is 3.60. The number of tetrazole rings is 1. The Morgan fingerprint density at radius 1 is 1.03 bits per heavy atom. The van der Waals surface area contributed by atoms with Crippen LogP contribution in [0.2, 0.25) is 0 Å². The zero-order chi connectivity index (χ0) is 23.4. The highest BCUT2D eigenvalue weighted by molar-refractivity contribution is 6.21. The number of ether oxygens (including phenoxy) is 2. The molecule has 2 aromatic carbocycles. The first-order chi connectivity index (χ1) is 16.0. The first kappa shape index (κ1) is 22.1. The van der Waals surface area contributed by atoms with Crippen LogP contribution in [0.4, 0.5) is 0 Å². The number of rotatable bonds is 9. The van der Waals surface area contributed by atoms with Crippen molar-refractivity contribution >= 4 is 17.8 Å². The van der Waals surface area contributed by atoms with Gasteiger partial charge in [0.15, 0.2) is 12.4 Å². The highest BCUT2D eigenvalue weighted by atomic mass is 16.5. The lowest BCUT2D eigenvalue weighted by Gasteiger charge is -2.16. The summed E-state index contributed by atoms with van der Waals surface area (Å²) in [5.74, 6) is -0.562. The van der Waals surface area contributed by atoms with Gasteiger partial charge in [0.25, 0.3) is 11.8 Å². The van der Waals surface area contributed by atoms with Crippen LogP contribution in [-0.2, 0) is 24.4 Å². The molecule has 1 aromatic heterocycles. The Kier molecular flexibility index (Phi) is 6.43. The molecule has 0 radical (unpaired) electrons. The van der Waals surface area contributed by atoms with Crippen LogP contribution in [0.1, 0.15) is 62.7 Å². The molecule has 10 nitrogen and oxygen atoms in total. The molecule has 0 aliphatic carbocycles. The maximum atomic E-state index is 12.9. The van der Waals surface area contributed by atoms with Gasteiger partial charge >= 0.3 is 5.97 Å². The fraction of sp³-hybridized carbons (Fsp3) is 0.304. The van der Waals surface area contributed by atoms with Gasteiger partial charge < -0.3 is 9.47 Å². The minimum atomic E-state index is -0.617. The second-order valence-corrected chi connectivity index (χ2v) is 7.40. The second kappa shape index (κ2) is 9.60. The molecular formula is C23H23N5O5. The van der Waals surface area contributed by atoms with Crippen molar-refractivity contribution in [3.63, 3.8) is 0 Å². The number of esters is 1. The van der Waals surface area contributed by atoms with Crippen LogP contribution < -0.4 is 4.74 Å². The smallest absolute Gasteiger partial charge is 0.342 e. The number of fused-ring (bicyclic) bond motifs is 1. The van der Waals surface area contributed by atoms with Gasteiger partial charge in [0, 0.05) is 6.54 Å². The van der Waals surface area contributed by atoms with Crippen LogP contribution in [0.5, 0.6) is 5.75 Å². The standard InChI is InChI=1S/C23H23N5O5/c1-3-11-28-20(24-25-26-28)14-33-23(31)18-12-15(9-10-19(18)32-4-2)13-27-21(29)16-7-5-6-8-17(16)22(27)30/h5-10,12H,3-4,11,13-14H2,1-2H3. The van der Waals surface area contributed by atoms with Crippen molar-refractivity contribution in [2.24, 2.45) is 0 Å². The molecule has 0 bridgehead atoms.